The van der Waals surface area contributed by atoms with Gasteiger partial charge >= 0.3 is 6.18 Å². The first-order valence-electron chi connectivity index (χ1n) is 7.99. The summed E-state index contributed by atoms with van der Waals surface area (Å²) in [7, 11) is 0. The Hall–Kier alpha value is -3.28. The number of fused-ring (bicyclic) bond motifs is 1. The zero-order chi connectivity index (χ0) is 19.8. The Morgan fingerprint density at radius 1 is 1.15 bits per heavy atom. The summed E-state index contributed by atoms with van der Waals surface area (Å²) in [6.45, 7) is 0.149. The van der Waals surface area contributed by atoms with Crippen molar-refractivity contribution in [3.8, 4) is 18.2 Å². The first-order valence-corrected chi connectivity index (χ1v) is 7.99. The quantitative estimate of drug-likeness (QED) is 0.817. The molecule has 5 nitrogen and oxygen atoms in total. The number of ether oxygens (including phenoxy) is 1. The molecule has 0 aromatic heterocycles. The highest BCUT2D eigenvalue weighted by atomic mass is 19.4. The number of hydrogen-bond acceptors (Lipinski definition) is 5. The summed E-state index contributed by atoms with van der Waals surface area (Å²) in [5.41, 5.74) is 2.83. The zero-order valence-electron chi connectivity index (χ0n) is 13.9. The van der Waals surface area contributed by atoms with Gasteiger partial charge in [0.2, 0.25) is 0 Å². The van der Waals surface area contributed by atoms with E-state index in [4.69, 9.17) is 10.5 Å². The van der Waals surface area contributed by atoms with E-state index in [9.17, 15) is 29.0 Å². The predicted octanol–water partition coefficient (Wildman–Crippen LogP) is 3.15. The van der Waals surface area contributed by atoms with Gasteiger partial charge in [0.15, 0.2) is 5.41 Å². The number of rotatable bonds is 1. The maximum atomic E-state index is 13.6. The van der Waals surface area contributed by atoms with Crippen LogP contribution in [0.3, 0.4) is 0 Å². The molecule has 0 spiro atoms. The minimum atomic E-state index is -4.68. The van der Waals surface area contributed by atoms with Crippen molar-refractivity contribution in [2.24, 2.45) is 17.1 Å². The van der Waals surface area contributed by atoms with Gasteiger partial charge in [-0.2, -0.15) is 29.0 Å². The fraction of sp³-hybridized carbons (Fsp3) is 0.316. The molecule has 1 aliphatic carbocycles. The number of halogens is 3. The van der Waals surface area contributed by atoms with Crippen LogP contribution in [-0.2, 0) is 10.9 Å². The van der Waals surface area contributed by atoms with Crippen molar-refractivity contribution in [2.45, 2.75) is 12.1 Å². The number of alkyl halides is 3. The monoisotopic (exact) mass is 370 g/mol. The van der Waals surface area contributed by atoms with Crippen molar-refractivity contribution in [3.63, 3.8) is 0 Å². The van der Waals surface area contributed by atoms with E-state index in [1.807, 2.05) is 6.07 Å². The standard InChI is InChI=1S/C19H13F3N4O/c20-19(21,22)15-4-2-1-3-12(15)16-14-8-27-6-5-11(14)13(7-23)17(26)18(16,9-24)10-25/h1-5,14,16H,6,8,26H2/t14-,16+/m0/s1. The van der Waals surface area contributed by atoms with E-state index in [2.05, 4.69) is 0 Å². The first kappa shape index (κ1) is 18.5. The zero-order valence-corrected chi connectivity index (χ0v) is 13.9. The van der Waals surface area contributed by atoms with Crippen LogP contribution < -0.4 is 5.73 Å². The molecule has 136 valence electrons. The Labute approximate surface area is 153 Å². The molecule has 1 aromatic rings. The smallest absolute Gasteiger partial charge is 0.399 e. The number of nitrogens with zero attached hydrogens (tertiary/aromatic N) is 3. The van der Waals surface area contributed by atoms with Crippen LogP contribution >= 0.6 is 0 Å². The normalized spacial score (nSPS) is 24.1. The summed E-state index contributed by atoms with van der Waals surface area (Å²) in [6.07, 6.45) is -3.11. The van der Waals surface area contributed by atoms with E-state index >= 15 is 0 Å². The second-order valence-electron chi connectivity index (χ2n) is 6.30. The van der Waals surface area contributed by atoms with Crippen LogP contribution in [-0.4, -0.2) is 13.2 Å². The molecule has 0 unspecified atom stereocenters. The Kier molecular flexibility index (Phi) is 4.43. The van der Waals surface area contributed by atoms with E-state index in [0.717, 1.165) is 6.07 Å². The Bertz CT molecular complexity index is 958. The van der Waals surface area contributed by atoms with Crippen LogP contribution in [0.2, 0.25) is 0 Å². The van der Waals surface area contributed by atoms with Gasteiger partial charge in [-0.05, 0) is 17.2 Å². The van der Waals surface area contributed by atoms with Gasteiger partial charge in [0, 0.05) is 11.8 Å². The number of hydrogen-bond donors (Lipinski definition) is 1. The number of nitriles is 3. The average molecular weight is 370 g/mol. The highest BCUT2D eigenvalue weighted by Crippen LogP contribution is 2.55. The molecule has 0 radical (unpaired) electrons. The number of nitrogens with two attached hydrogens (primary N) is 1. The molecule has 0 saturated carbocycles. The van der Waals surface area contributed by atoms with Crippen LogP contribution in [0.15, 0.2) is 47.2 Å². The van der Waals surface area contributed by atoms with Crippen LogP contribution in [0.5, 0.6) is 0 Å². The minimum absolute atomic E-state index is 0.0216. The lowest BCUT2D eigenvalue weighted by molar-refractivity contribution is -0.138. The van der Waals surface area contributed by atoms with Crippen LogP contribution in [0.25, 0.3) is 0 Å². The Balaban J connectivity index is 2.39. The summed E-state index contributed by atoms with van der Waals surface area (Å²) >= 11 is 0. The first-order chi connectivity index (χ1) is 12.8. The molecular weight excluding hydrogens is 357 g/mol. The predicted molar refractivity (Wildman–Crippen MR) is 87.1 cm³/mol. The Morgan fingerprint density at radius 2 is 1.81 bits per heavy atom. The van der Waals surface area contributed by atoms with E-state index in [-0.39, 0.29) is 30.0 Å². The molecule has 2 aliphatic rings. The van der Waals surface area contributed by atoms with E-state index in [1.54, 1.807) is 18.2 Å². The van der Waals surface area contributed by atoms with Gasteiger partial charge in [-0.15, -0.1) is 0 Å². The van der Waals surface area contributed by atoms with Gasteiger partial charge in [0.25, 0.3) is 0 Å². The third-order valence-corrected chi connectivity index (χ3v) is 5.04. The molecule has 8 heteroatoms. The molecule has 0 saturated heterocycles. The average Bonchev–Trinajstić information content (AvgIpc) is 2.66. The minimum Gasteiger partial charge on any atom is -0.399 e. The highest BCUT2D eigenvalue weighted by molar-refractivity contribution is 5.60. The molecule has 1 heterocycles. The van der Waals surface area contributed by atoms with Crippen LogP contribution in [0.1, 0.15) is 17.0 Å². The lowest BCUT2D eigenvalue weighted by Gasteiger charge is -2.43. The van der Waals surface area contributed by atoms with Crippen molar-refractivity contribution >= 4 is 0 Å². The fourth-order valence-corrected chi connectivity index (χ4v) is 3.86. The van der Waals surface area contributed by atoms with Gasteiger partial charge in [-0.1, -0.05) is 24.3 Å². The van der Waals surface area contributed by atoms with Gasteiger partial charge in [0.1, 0.15) is 6.07 Å². The topological polar surface area (TPSA) is 107 Å². The highest BCUT2D eigenvalue weighted by Gasteiger charge is 2.55. The molecule has 27 heavy (non-hydrogen) atoms. The lowest BCUT2D eigenvalue weighted by Crippen LogP contribution is -2.45. The number of benzene rings is 1. The maximum absolute atomic E-state index is 13.6. The summed E-state index contributed by atoms with van der Waals surface area (Å²) in [6, 6.07) is 10.3. The Morgan fingerprint density at radius 3 is 2.41 bits per heavy atom. The second kappa shape index (κ2) is 6.46. The van der Waals surface area contributed by atoms with Gasteiger partial charge in [-0.25, -0.2) is 0 Å². The van der Waals surface area contributed by atoms with E-state index in [1.165, 1.54) is 18.2 Å². The van der Waals surface area contributed by atoms with Crippen LogP contribution in [0.4, 0.5) is 13.2 Å². The fourth-order valence-electron chi connectivity index (χ4n) is 3.86. The number of allylic oxidation sites excluding steroid dienone is 2. The molecule has 2 atom stereocenters. The molecule has 1 aliphatic heterocycles. The third kappa shape index (κ3) is 2.65. The van der Waals surface area contributed by atoms with Crippen molar-refractivity contribution in [1.29, 1.82) is 15.8 Å². The van der Waals surface area contributed by atoms with Crippen LogP contribution in [0, 0.1) is 45.3 Å². The van der Waals surface area contributed by atoms with Crippen molar-refractivity contribution in [2.75, 3.05) is 13.2 Å². The largest absolute Gasteiger partial charge is 0.416 e. The van der Waals surface area contributed by atoms with Crippen molar-refractivity contribution < 1.29 is 17.9 Å². The molecule has 3 rings (SSSR count). The molecule has 0 amide bonds. The second-order valence-corrected chi connectivity index (χ2v) is 6.30. The molecule has 2 N–H and O–H groups in total. The summed E-state index contributed by atoms with van der Waals surface area (Å²) in [5, 5.41) is 29.1. The molecule has 0 fully saturated rings. The van der Waals surface area contributed by atoms with Gasteiger partial charge < -0.3 is 10.5 Å². The third-order valence-electron chi connectivity index (χ3n) is 5.04. The van der Waals surface area contributed by atoms with E-state index < -0.39 is 29.0 Å². The summed E-state index contributed by atoms with van der Waals surface area (Å²) < 4.78 is 46.2. The van der Waals surface area contributed by atoms with Gasteiger partial charge in [0.05, 0.1) is 42.2 Å². The molecule has 1 aromatic carbocycles. The lowest BCUT2D eigenvalue weighted by atomic mass is 9.58. The van der Waals surface area contributed by atoms with E-state index in [0.29, 0.717) is 5.57 Å². The summed E-state index contributed by atoms with van der Waals surface area (Å²) in [5.74, 6) is -2.00. The molecular formula is C19H13F3N4O. The SMILES string of the molecule is N#CC1=C(N)C(C#N)(C#N)[C@H](c2ccccc2C(F)(F)F)[C@H]2COCC=C12. The molecule has 0 bridgehead atoms. The van der Waals surface area contributed by atoms with Crippen molar-refractivity contribution in [1.82, 2.24) is 0 Å². The van der Waals surface area contributed by atoms with Crippen molar-refractivity contribution in [3.05, 3.63) is 58.3 Å². The maximum Gasteiger partial charge on any atom is 0.416 e. The van der Waals surface area contributed by atoms with Gasteiger partial charge in [-0.3, -0.25) is 0 Å². The summed E-state index contributed by atoms with van der Waals surface area (Å²) in [4.78, 5) is 0.